The molecule has 10 rings (SSSR count). The van der Waals surface area contributed by atoms with E-state index in [0.717, 1.165) is 74.4 Å². The number of imidazole rings is 1. The van der Waals surface area contributed by atoms with E-state index in [4.69, 9.17) is 18.2 Å². The predicted molar refractivity (Wildman–Crippen MR) is 324 cm³/mol. The number of benzene rings is 7. The Balaban J connectivity index is 0.000000491. The number of aryl methyl sites for hydroxylation is 3. The van der Waals surface area contributed by atoms with E-state index in [0.29, 0.717) is 0 Å². The first-order valence-electron chi connectivity index (χ1n) is 29.6. The minimum Gasteiger partial charge on any atom is -0.508 e. The fourth-order valence-corrected chi connectivity index (χ4v) is 10.1. The van der Waals surface area contributed by atoms with Crippen molar-refractivity contribution in [2.75, 3.05) is 0 Å². The molecule has 0 atom stereocenters. The number of phenols is 1. The summed E-state index contributed by atoms with van der Waals surface area (Å²) in [5, 5.41) is 11.8. The molecule has 5 nitrogen and oxygen atoms in total. The second-order valence-electron chi connectivity index (χ2n) is 25.9. The van der Waals surface area contributed by atoms with Crippen molar-refractivity contribution in [2.24, 2.45) is 0 Å². The number of aromatic hydroxyl groups is 1. The number of para-hydroxylation sites is 2. The van der Waals surface area contributed by atoms with Gasteiger partial charge in [-0.25, -0.2) is 4.98 Å². The van der Waals surface area contributed by atoms with E-state index >= 15 is 0 Å². The second kappa shape index (κ2) is 20.7. The van der Waals surface area contributed by atoms with Crippen molar-refractivity contribution >= 4 is 32.8 Å². The van der Waals surface area contributed by atoms with Crippen molar-refractivity contribution in [2.45, 2.75) is 152 Å². The fourth-order valence-electron chi connectivity index (χ4n) is 10.1. The molecule has 0 aliphatic rings. The number of nitrogens with zero attached hydrogens (tertiary/aromatic N) is 4. The molecule has 0 bridgehead atoms. The maximum atomic E-state index is 9.22. The molecule has 0 spiro atoms. The van der Waals surface area contributed by atoms with E-state index in [-0.39, 0.29) is 65.0 Å². The largest absolute Gasteiger partial charge is 0.508 e. The van der Waals surface area contributed by atoms with Crippen molar-refractivity contribution in [1.82, 2.24) is 19.1 Å². The van der Waals surface area contributed by atoms with Crippen LogP contribution in [0.5, 0.6) is 5.75 Å². The molecule has 6 heteroatoms. The van der Waals surface area contributed by atoms with E-state index in [1.807, 2.05) is 6.20 Å². The summed E-state index contributed by atoms with van der Waals surface area (Å²) in [7, 11) is 0. The van der Waals surface area contributed by atoms with E-state index in [2.05, 4.69) is 247 Å². The smallest absolute Gasteiger partial charge is 0.116 e. The summed E-state index contributed by atoms with van der Waals surface area (Å²) in [5.74, 6) is 0.607. The van der Waals surface area contributed by atoms with Gasteiger partial charge in [-0.15, -0.1) is 29.3 Å². The molecule has 7 aromatic carbocycles. The Bertz CT molecular complexity index is 3990. The number of hydrogen-bond acceptors (Lipinski definition) is 3. The summed E-state index contributed by atoms with van der Waals surface area (Å²) in [5.41, 5.74) is 18.9. The Morgan fingerprint density at radius 3 is 1.65 bits per heavy atom. The Kier molecular flexibility index (Phi) is 13.1. The summed E-state index contributed by atoms with van der Waals surface area (Å²) < 4.78 is 47.5. The van der Waals surface area contributed by atoms with Gasteiger partial charge in [-0.2, -0.15) is 0 Å². The van der Waals surface area contributed by atoms with Crippen molar-refractivity contribution in [1.29, 1.82) is 0 Å². The zero-order valence-electron chi connectivity index (χ0n) is 53.9. The quantitative estimate of drug-likeness (QED) is 0.175. The minimum absolute atomic E-state index is 0. The topological polar surface area (TPSA) is 55.9 Å². The van der Waals surface area contributed by atoms with Gasteiger partial charge in [0.15, 0.2) is 0 Å². The molecule has 0 unspecified atom stereocenters. The number of hydrogen-bond donors (Lipinski definition) is 1. The summed E-state index contributed by atoms with van der Waals surface area (Å²) in [6.45, 7) is 31.8. The number of pyridine rings is 1. The van der Waals surface area contributed by atoms with Crippen LogP contribution in [0.15, 0.2) is 146 Å². The Hall–Kier alpha value is -6.55. The Morgan fingerprint density at radius 1 is 0.481 bits per heavy atom. The fraction of sp³-hybridized carbons (Fsp3) is 0.324. The number of rotatable bonds is 5. The monoisotopic (exact) mass is 1200 g/mol. The SMILES string of the molecule is Cc1nc2c(-c3[c-]c(-c4cc(-c5cc(C(C)(C)C)cc6c7cc(C(C)(C)C)ccc7n(-c7ccccc7)c56)ccn4)cc(C(C)(C)C)c3)cccc2n1-c1cc(C(C)(C)C)cc(C(C)(C)C)c1.[2H]C([2H])([2H])c1cc(O)cc(C([2H])([2H])[2H])c1.[Pt]. The predicted octanol–water partition coefficient (Wildman–Crippen LogP) is 19.1. The summed E-state index contributed by atoms with van der Waals surface area (Å²) in [4.78, 5) is 10.5. The molecular formula is C71H79N4OPt-. The van der Waals surface area contributed by atoms with Crippen LogP contribution in [-0.2, 0) is 48.1 Å². The van der Waals surface area contributed by atoms with Crippen LogP contribution >= 0.6 is 0 Å². The maximum absolute atomic E-state index is 9.22. The van der Waals surface area contributed by atoms with Crippen molar-refractivity contribution < 1.29 is 34.4 Å². The molecule has 0 radical (unpaired) electrons. The zero-order valence-corrected chi connectivity index (χ0v) is 50.2. The van der Waals surface area contributed by atoms with Gasteiger partial charge in [-0.05, 0) is 159 Å². The third-order valence-electron chi connectivity index (χ3n) is 14.7. The standard InChI is InChI=1S/C63H69N4.C8H10O.Pt/c1-39-65-57-50(23-20-24-56(57)66(39)49-34-45(61(8,9)10)33-46(35-49)62(11,12)13)41-29-42(31-44(30-41)60(5,6)7)54-32-40(27-28-64-54)51-37-47(63(14,15)16)38-53-52-36-43(59(2,3)4)25-26-55(52)67(58(51)53)48-21-18-17-19-22-48;1-6-3-7(2)5-8(9)4-6;/h17-28,30-38H,1-16H3;3-5,9H,1-2H3;/q-1;;/i;1D3,2D3;. The molecule has 0 aliphatic carbocycles. The van der Waals surface area contributed by atoms with Crippen molar-refractivity contribution in [3.05, 3.63) is 197 Å². The first kappa shape index (κ1) is 48.8. The van der Waals surface area contributed by atoms with Crippen LogP contribution in [0.25, 0.3) is 77.7 Å². The van der Waals surface area contributed by atoms with Gasteiger partial charge in [0.1, 0.15) is 11.6 Å². The van der Waals surface area contributed by atoms with Gasteiger partial charge in [0.2, 0.25) is 0 Å². The van der Waals surface area contributed by atoms with Crippen molar-refractivity contribution in [3.63, 3.8) is 0 Å². The average molecular weight is 1210 g/mol. The van der Waals surface area contributed by atoms with Gasteiger partial charge in [0.25, 0.3) is 0 Å². The minimum atomic E-state index is -2.42. The van der Waals surface area contributed by atoms with Gasteiger partial charge < -0.3 is 9.67 Å². The molecule has 77 heavy (non-hydrogen) atoms. The van der Waals surface area contributed by atoms with Crippen LogP contribution in [0.3, 0.4) is 0 Å². The summed E-state index contributed by atoms with van der Waals surface area (Å²) in [6, 6.07) is 52.6. The maximum Gasteiger partial charge on any atom is 0.116 e. The molecule has 3 aromatic heterocycles. The zero-order chi connectivity index (χ0) is 60.0. The third-order valence-corrected chi connectivity index (χ3v) is 14.7. The number of aromatic nitrogens is 4. The summed E-state index contributed by atoms with van der Waals surface area (Å²) >= 11 is 0. The van der Waals surface area contributed by atoms with E-state index in [9.17, 15) is 5.11 Å². The molecule has 0 fully saturated rings. The average Bonchev–Trinajstić information content (AvgIpc) is 3.75. The molecule has 400 valence electrons. The van der Waals surface area contributed by atoms with E-state index < -0.39 is 13.7 Å². The molecule has 0 aliphatic heterocycles. The van der Waals surface area contributed by atoms with Crippen molar-refractivity contribution in [3.8, 4) is 50.6 Å². The number of fused-ring (bicyclic) bond motifs is 4. The normalized spacial score (nSPS) is 14.0. The van der Waals surface area contributed by atoms with Crippen LogP contribution in [0, 0.1) is 26.7 Å². The van der Waals surface area contributed by atoms with Gasteiger partial charge >= 0.3 is 0 Å². The molecule has 3 heterocycles. The summed E-state index contributed by atoms with van der Waals surface area (Å²) in [6.07, 6.45) is 1.98. The van der Waals surface area contributed by atoms with Gasteiger partial charge in [-0.1, -0.05) is 170 Å². The van der Waals surface area contributed by atoms with E-state index in [1.165, 1.54) is 55.2 Å². The van der Waals surface area contributed by atoms with Gasteiger partial charge in [-0.3, -0.25) is 9.55 Å². The van der Waals surface area contributed by atoms with E-state index in [1.54, 1.807) is 0 Å². The molecule has 10 aromatic rings. The third kappa shape index (κ3) is 11.7. The Morgan fingerprint density at radius 2 is 1.05 bits per heavy atom. The van der Waals surface area contributed by atoms with Gasteiger partial charge in [0.05, 0.1) is 22.1 Å². The van der Waals surface area contributed by atoms with Crippen LogP contribution in [0.4, 0.5) is 0 Å². The molecular weight excluding hydrogens is 1120 g/mol. The first-order valence-corrected chi connectivity index (χ1v) is 26.6. The second-order valence-corrected chi connectivity index (χ2v) is 25.9. The van der Waals surface area contributed by atoms with Gasteiger partial charge in [0, 0.05) is 68.9 Å². The molecule has 0 saturated carbocycles. The van der Waals surface area contributed by atoms with Crippen LogP contribution < -0.4 is 0 Å². The number of phenolic OH excluding ortho intramolecular Hbond substituents is 1. The Labute approximate surface area is 482 Å². The molecule has 1 N–H and O–H groups in total. The molecule has 0 saturated heterocycles. The molecule has 0 amide bonds. The van der Waals surface area contributed by atoms with Crippen LogP contribution in [0.2, 0.25) is 0 Å². The van der Waals surface area contributed by atoms with Crippen LogP contribution in [-0.4, -0.2) is 24.2 Å². The van der Waals surface area contributed by atoms with Crippen LogP contribution in [0.1, 0.15) is 157 Å². The first-order chi connectivity index (χ1) is 37.9.